The van der Waals surface area contributed by atoms with Gasteiger partial charge in [-0.1, -0.05) is 90.1 Å². The van der Waals surface area contributed by atoms with Gasteiger partial charge in [0.15, 0.2) is 16.6 Å². The van der Waals surface area contributed by atoms with Crippen molar-refractivity contribution in [2.45, 2.75) is 160 Å². The van der Waals surface area contributed by atoms with Crippen molar-refractivity contribution in [1.82, 2.24) is 20.9 Å². The topological polar surface area (TPSA) is 165 Å². The summed E-state index contributed by atoms with van der Waals surface area (Å²) in [4.78, 5) is 60.1. The monoisotopic (exact) mass is 1070 g/mol. The van der Waals surface area contributed by atoms with Crippen LogP contribution in [0.25, 0.3) is 17.2 Å². The van der Waals surface area contributed by atoms with E-state index in [4.69, 9.17) is 18.6 Å². The van der Waals surface area contributed by atoms with E-state index in [0.717, 1.165) is 37.8 Å². The van der Waals surface area contributed by atoms with Crippen LogP contribution in [0, 0.1) is 5.92 Å². The summed E-state index contributed by atoms with van der Waals surface area (Å²) >= 11 is -0.188. The first-order valence-electron chi connectivity index (χ1n) is 25.0. The maximum absolute atomic E-state index is 14.6. The predicted octanol–water partition coefficient (Wildman–Crippen LogP) is 10.1. The van der Waals surface area contributed by atoms with E-state index in [1.54, 1.807) is 6.92 Å². The zero-order valence-electron chi connectivity index (χ0n) is 44.1. The first kappa shape index (κ1) is 55.6. The zero-order valence-corrected chi connectivity index (χ0v) is 47.9. The minimum atomic E-state index is -2.62. The Balaban J connectivity index is 1.34. The van der Waals surface area contributed by atoms with Crippen molar-refractivity contribution in [2.24, 2.45) is 5.92 Å². The molecule has 12 nitrogen and oxygen atoms in total. The number of ether oxygens (including phenoxy) is 1. The first-order valence-corrected chi connectivity index (χ1v) is 32.8. The Kier molecular flexibility index (Phi) is 17.7. The normalized spacial score (nSPS) is 18.0. The molecule has 0 bridgehead atoms. The molecule has 71 heavy (non-hydrogen) atoms. The van der Waals surface area contributed by atoms with Crippen LogP contribution >= 0.6 is 0 Å². The summed E-state index contributed by atoms with van der Waals surface area (Å²) in [5.74, 6) is -3.05. The fourth-order valence-electron chi connectivity index (χ4n) is 8.50. The number of carboxylic acid groups (broad SMARTS) is 1. The molecule has 0 spiro atoms. The Morgan fingerprint density at radius 2 is 1.37 bits per heavy atom. The third-order valence-corrected chi connectivity index (χ3v) is 26.4. The van der Waals surface area contributed by atoms with Crippen LogP contribution in [0.3, 0.4) is 0 Å². The molecule has 0 radical (unpaired) electrons. The molecule has 1 heterocycles. The molecule has 382 valence electrons. The van der Waals surface area contributed by atoms with Crippen LogP contribution in [0.4, 0.5) is 0 Å². The number of rotatable bonds is 20. The van der Waals surface area contributed by atoms with Crippen LogP contribution in [0.15, 0.2) is 91.0 Å². The number of esters is 1. The van der Waals surface area contributed by atoms with Crippen LogP contribution in [0.5, 0.6) is 0 Å². The molecule has 2 aliphatic carbocycles. The van der Waals surface area contributed by atoms with Gasteiger partial charge >= 0.3 is 200 Å². The standard InChI is InChI=1S/C56H76N4O8SeSi2/c1-15-34(2)48(52(62)57-35(3)51(61)60-47(53(63)64)33-69-37-23-17-16-18-24-37)58-45-30-29-42-43(36(4)67-70(11,12)55(5,6)7)31-46(59-49(42)50(45)68-71(13,14)56(8,9)10)54(65)66-32-44-40-27-21-19-25-38(40)39-26-20-22-28-41(39)44/h16-31,34-36,44-45,47-48,50,58H,15,32-33H2,1-14H3,(H,57,62)(H,60,61)(H,63,64)/t34-,35-,36-,45+,47+,48-,50-/m0/s1. The summed E-state index contributed by atoms with van der Waals surface area (Å²) in [6.07, 6.45) is 3.47. The number of carbonyl (C=O) groups is 4. The number of hydrogen-bond donors (Lipinski definition) is 4. The fraction of sp³-hybridized carbons (Fsp3) is 0.482. The van der Waals surface area contributed by atoms with Crippen molar-refractivity contribution in [3.05, 3.63) is 125 Å². The average molecular weight is 1070 g/mol. The van der Waals surface area contributed by atoms with Gasteiger partial charge in [0, 0.05) is 11.5 Å². The summed E-state index contributed by atoms with van der Waals surface area (Å²) in [5, 5.41) is 19.2. The van der Waals surface area contributed by atoms with Gasteiger partial charge in [-0.25, -0.2) is 9.78 Å². The summed E-state index contributed by atoms with van der Waals surface area (Å²) in [6, 6.07) is 24.3. The molecule has 7 atom stereocenters. The zero-order chi connectivity index (χ0) is 52.2. The number of carboxylic acids is 1. The molecule has 0 fully saturated rings. The van der Waals surface area contributed by atoms with Crippen molar-refractivity contribution >= 4 is 65.9 Å². The van der Waals surface area contributed by atoms with Crippen molar-refractivity contribution in [2.75, 3.05) is 6.61 Å². The molecule has 4 N–H and O–H groups in total. The number of nitrogens with one attached hydrogen (secondary N) is 3. The molecule has 0 saturated carbocycles. The summed E-state index contributed by atoms with van der Waals surface area (Å²) in [5.41, 5.74) is 6.77. The van der Waals surface area contributed by atoms with Crippen LogP contribution in [0.1, 0.15) is 132 Å². The van der Waals surface area contributed by atoms with Crippen LogP contribution in [0.2, 0.25) is 41.6 Å². The van der Waals surface area contributed by atoms with Gasteiger partial charge in [-0.3, -0.25) is 0 Å². The van der Waals surface area contributed by atoms with Gasteiger partial charge in [-0.05, 0) is 77.1 Å². The van der Waals surface area contributed by atoms with Gasteiger partial charge in [-0.2, -0.15) is 0 Å². The van der Waals surface area contributed by atoms with E-state index in [1.807, 2.05) is 93.6 Å². The molecular formula is C56H76N4O8SeSi2. The van der Waals surface area contributed by atoms with E-state index >= 15 is 0 Å². The number of aromatic nitrogens is 1. The van der Waals surface area contributed by atoms with Gasteiger partial charge < -0.3 is 9.16 Å². The summed E-state index contributed by atoms with van der Waals surface area (Å²) in [6.45, 7) is 29.6. The fourth-order valence-corrected chi connectivity index (χ4v) is 13.1. The Bertz CT molecular complexity index is 2550. The van der Waals surface area contributed by atoms with Crippen LogP contribution in [-0.4, -0.2) is 96.2 Å². The number of aliphatic carboxylic acids is 1. The molecule has 2 amide bonds. The van der Waals surface area contributed by atoms with Crippen LogP contribution in [-0.2, 0) is 28.0 Å². The van der Waals surface area contributed by atoms with Crippen LogP contribution < -0.4 is 20.4 Å². The Labute approximate surface area is 430 Å². The third-order valence-electron chi connectivity index (χ3n) is 15.1. The second-order valence-electron chi connectivity index (χ2n) is 22.2. The molecule has 0 aliphatic heterocycles. The first-order chi connectivity index (χ1) is 33.2. The van der Waals surface area contributed by atoms with Crippen molar-refractivity contribution in [3.63, 3.8) is 0 Å². The number of carbonyl (C=O) groups excluding carboxylic acids is 3. The minimum absolute atomic E-state index is 0.0897. The van der Waals surface area contributed by atoms with Gasteiger partial charge in [0.2, 0.25) is 0 Å². The van der Waals surface area contributed by atoms with Gasteiger partial charge in [-0.15, -0.1) is 0 Å². The Morgan fingerprint density at radius 3 is 1.93 bits per heavy atom. The SMILES string of the molecule is CC[C@H](C)[C@H](N[C@@H]1C=Cc2c([C@H](C)O[Si](C)(C)C(C)(C)C)cc(C(=O)OCC3c4ccccc4-c4ccccc43)nc2[C@H]1O[Si](C)(C)C(C)(C)C)C(=O)N[C@@H](C)C(=O)N[C@H](C[Se]c1ccccc1)C(=O)O. The molecule has 15 heteroatoms. The maximum atomic E-state index is 14.6. The average Bonchev–Trinajstić information content (AvgIpc) is 3.63. The second kappa shape index (κ2) is 22.6. The number of benzene rings is 3. The molecule has 3 aromatic carbocycles. The van der Waals surface area contributed by atoms with E-state index in [9.17, 15) is 24.3 Å². The molecule has 0 unspecified atom stereocenters. The van der Waals surface area contributed by atoms with E-state index in [1.165, 1.54) is 0 Å². The van der Waals surface area contributed by atoms with E-state index in [-0.39, 0.29) is 54.5 Å². The van der Waals surface area contributed by atoms with Gasteiger partial charge in [0.05, 0.1) is 6.10 Å². The third kappa shape index (κ3) is 12.9. The quantitative estimate of drug-likeness (QED) is 0.0495. The summed E-state index contributed by atoms with van der Waals surface area (Å²) < 4.78 is 21.7. The van der Waals surface area contributed by atoms with Crippen molar-refractivity contribution < 1.29 is 37.9 Å². The number of pyridine rings is 1. The number of nitrogens with zero attached hydrogens (tertiary/aromatic N) is 1. The second-order valence-corrected chi connectivity index (χ2v) is 34.0. The Hall–Kier alpha value is -4.74. The number of hydrogen-bond acceptors (Lipinski definition) is 9. The number of amides is 2. The van der Waals surface area contributed by atoms with Gasteiger partial charge in [0.1, 0.15) is 12.3 Å². The molecule has 6 rings (SSSR count). The summed E-state index contributed by atoms with van der Waals surface area (Å²) in [7, 11) is -4.96. The molecule has 4 aromatic rings. The molecule has 0 saturated heterocycles. The van der Waals surface area contributed by atoms with Crippen molar-refractivity contribution in [3.8, 4) is 11.1 Å². The van der Waals surface area contributed by atoms with E-state index in [0.29, 0.717) is 12.1 Å². The van der Waals surface area contributed by atoms with E-state index < -0.39 is 76.8 Å². The molecule has 1 aromatic heterocycles. The van der Waals surface area contributed by atoms with E-state index in [2.05, 4.69) is 108 Å². The Morgan fingerprint density at radius 1 is 0.789 bits per heavy atom. The molecule has 2 aliphatic rings. The molecular weight excluding hydrogens is 992 g/mol. The number of fused-ring (bicyclic) bond motifs is 4. The van der Waals surface area contributed by atoms with Gasteiger partial charge in [0.25, 0.3) is 0 Å². The van der Waals surface area contributed by atoms with Crippen molar-refractivity contribution in [1.29, 1.82) is 0 Å². The predicted molar refractivity (Wildman–Crippen MR) is 289 cm³/mol.